The Labute approximate surface area is 99.6 Å². The van der Waals surface area contributed by atoms with E-state index in [1.54, 1.807) is 18.2 Å². The van der Waals surface area contributed by atoms with Gasteiger partial charge in [0.05, 0.1) is 28.4 Å². The molecule has 0 unspecified atom stereocenters. The van der Waals surface area contributed by atoms with Crippen molar-refractivity contribution in [3.8, 4) is 6.07 Å². The summed E-state index contributed by atoms with van der Waals surface area (Å²) in [5.41, 5.74) is 2.00. The lowest BCUT2D eigenvalue weighted by atomic mass is 9.68. The Morgan fingerprint density at radius 2 is 2.12 bits per heavy atom. The van der Waals surface area contributed by atoms with Crippen LogP contribution in [-0.4, -0.2) is 12.5 Å². The number of benzene rings is 1. The maximum Gasteiger partial charge on any atom is 0.232 e. The van der Waals surface area contributed by atoms with Gasteiger partial charge < -0.3 is 10.6 Å². The quantitative estimate of drug-likeness (QED) is 0.713. The molecule has 1 spiro atoms. The molecule has 2 aliphatic rings. The smallest absolute Gasteiger partial charge is 0.232 e. The summed E-state index contributed by atoms with van der Waals surface area (Å²) < 4.78 is 0. The van der Waals surface area contributed by atoms with Gasteiger partial charge in [0.25, 0.3) is 0 Å². The summed E-state index contributed by atoms with van der Waals surface area (Å²) in [5, 5.41) is 15.1. The third-order valence-electron chi connectivity index (χ3n) is 3.81. The first-order valence-corrected chi connectivity index (χ1v) is 5.83. The van der Waals surface area contributed by atoms with Crippen molar-refractivity contribution in [2.75, 3.05) is 17.2 Å². The lowest BCUT2D eigenvalue weighted by Gasteiger charge is -2.38. The second-order valence-corrected chi connectivity index (χ2v) is 4.81. The first kappa shape index (κ1) is 10.2. The second-order valence-electron chi connectivity index (χ2n) is 4.81. The number of anilines is 2. The van der Waals surface area contributed by atoms with Gasteiger partial charge >= 0.3 is 0 Å². The first-order chi connectivity index (χ1) is 8.23. The summed E-state index contributed by atoms with van der Waals surface area (Å²) in [5.74, 6) is 0.111. The molecule has 1 amide bonds. The third-order valence-corrected chi connectivity index (χ3v) is 3.81. The van der Waals surface area contributed by atoms with Gasteiger partial charge in [0, 0.05) is 6.54 Å². The molecular weight excluding hydrogens is 214 g/mol. The molecule has 0 aromatic heterocycles. The van der Waals surface area contributed by atoms with Crippen molar-refractivity contribution in [2.45, 2.75) is 19.3 Å². The van der Waals surface area contributed by atoms with Crippen molar-refractivity contribution in [2.24, 2.45) is 5.41 Å². The molecule has 4 nitrogen and oxygen atoms in total. The number of nitrogens with one attached hydrogen (secondary N) is 2. The lowest BCUT2D eigenvalue weighted by molar-refractivity contribution is -0.129. The summed E-state index contributed by atoms with van der Waals surface area (Å²) in [6.45, 7) is 0.667. The van der Waals surface area contributed by atoms with Gasteiger partial charge in [-0.05, 0) is 31.0 Å². The van der Waals surface area contributed by atoms with E-state index >= 15 is 0 Å². The van der Waals surface area contributed by atoms with Crippen LogP contribution in [0.4, 0.5) is 11.4 Å². The Bertz CT molecular complexity index is 526. The summed E-state index contributed by atoms with van der Waals surface area (Å²) in [4.78, 5) is 12.1. The SMILES string of the molecule is N#Cc1ccc2c(c1)NCC1(CCC1)C(=O)N2. The molecule has 17 heavy (non-hydrogen) atoms. The van der Waals surface area contributed by atoms with Crippen LogP contribution in [0.25, 0.3) is 0 Å². The van der Waals surface area contributed by atoms with Crippen molar-refractivity contribution in [1.29, 1.82) is 5.26 Å². The molecule has 0 bridgehead atoms. The number of rotatable bonds is 0. The monoisotopic (exact) mass is 227 g/mol. The zero-order chi connectivity index (χ0) is 11.9. The molecule has 1 aliphatic carbocycles. The van der Waals surface area contributed by atoms with E-state index in [2.05, 4.69) is 16.7 Å². The molecule has 1 saturated carbocycles. The van der Waals surface area contributed by atoms with Crippen LogP contribution in [0.1, 0.15) is 24.8 Å². The average Bonchev–Trinajstić information content (AvgIpc) is 2.43. The van der Waals surface area contributed by atoms with E-state index < -0.39 is 0 Å². The lowest BCUT2D eigenvalue weighted by Crippen LogP contribution is -2.45. The van der Waals surface area contributed by atoms with Crippen molar-refractivity contribution in [3.63, 3.8) is 0 Å². The average molecular weight is 227 g/mol. The minimum atomic E-state index is -0.230. The second kappa shape index (κ2) is 3.49. The Morgan fingerprint density at radius 3 is 2.76 bits per heavy atom. The van der Waals surface area contributed by atoms with Crippen molar-refractivity contribution in [1.82, 2.24) is 0 Å². The van der Waals surface area contributed by atoms with E-state index in [1.807, 2.05) is 0 Å². The number of hydrogen-bond acceptors (Lipinski definition) is 3. The van der Waals surface area contributed by atoms with Crippen LogP contribution in [0, 0.1) is 16.7 Å². The number of fused-ring (bicyclic) bond motifs is 1. The van der Waals surface area contributed by atoms with Crippen LogP contribution in [0.3, 0.4) is 0 Å². The molecule has 3 rings (SSSR count). The van der Waals surface area contributed by atoms with Crippen LogP contribution in [-0.2, 0) is 4.79 Å². The molecule has 4 heteroatoms. The molecule has 86 valence electrons. The van der Waals surface area contributed by atoms with Crippen molar-refractivity contribution >= 4 is 17.3 Å². The Hall–Kier alpha value is -2.02. The fourth-order valence-corrected chi connectivity index (χ4v) is 2.48. The van der Waals surface area contributed by atoms with Gasteiger partial charge in [-0.25, -0.2) is 0 Å². The van der Waals surface area contributed by atoms with Gasteiger partial charge in [-0.2, -0.15) is 5.26 Å². The third kappa shape index (κ3) is 1.47. The topological polar surface area (TPSA) is 64.9 Å². The molecule has 1 aromatic carbocycles. The highest BCUT2D eigenvalue weighted by Gasteiger charge is 2.45. The number of carbonyl (C=O) groups is 1. The summed E-state index contributed by atoms with van der Waals surface area (Å²) >= 11 is 0. The van der Waals surface area contributed by atoms with Crippen molar-refractivity contribution in [3.05, 3.63) is 23.8 Å². The van der Waals surface area contributed by atoms with Crippen LogP contribution < -0.4 is 10.6 Å². The molecule has 1 aromatic rings. The molecular formula is C13H13N3O. The molecule has 1 fully saturated rings. The number of nitriles is 1. The zero-order valence-corrected chi connectivity index (χ0v) is 9.42. The fraction of sp³-hybridized carbons (Fsp3) is 0.385. The molecule has 0 atom stereocenters. The predicted molar refractivity (Wildman–Crippen MR) is 64.6 cm³/mol. The number of amides is 1. The summed E-state index contributed by atoms with van der Waals surface area (Å²) in [7, 11) is 0. The number of hydrogen-bond donors (Lipinski definition) is 2. The van der Waals surface area contributed by atoms with Gasteiger partial charge in [-0.3, -0.25) is 4.79 Å². The van der Waals surface area contributed by atoms with Crippen LogP contribution in [0.5, 0.6) is 0 Å². The van der Waals surface area contributed by atoms with Crippen molar-refractivity contribution < 1.29 is 4.79 Å². The molecule has 0 saturated heterocycles. The van der Waals surface area contributed by atoms with E-state index in [9.17, 15) is 4.79 Å². The van der Waals surface area contributed by atoms with E-state index in [0.29, 0.717) is 12.1 Å². The molecule has 1 aliphatic heterocycles. The highest BCUT2D eigenvalue weighted by Crippen LogP contribution is 2.44. The number of nitrogens with zero attached hydrogens (tertiary/aromatic N) is 1. The van der Waals surface area contributed by atoms with E-state index in [1.165, 1.54) is 0 Å². The maximum absolute atomic E-state index is 12.1. The van der Waals surface area contributed by atoms with Gasteiger partial charge in [-0.1, -0.05) is 6.42 Å². The summed E-state index contributed by atoms with van der Waals surface area (Å²) in [6.07, 6.45) is 3.02. The van der Waals surface area contributed by atoms with Gasteiger partial charge in [0.2, 0.25) is 5.91 Å². The van der Waals surface area contributed by atoms with Crippen LogP contribution in [0.15, 0.2) is 18.2 Å². The maximum atomic E-state index is 12.1. The minimum Gasteiger partial charge on any atom is -0.382 e. The molecule has 1 heterocycles. The largest absolute Gasteiger partial charge is 0.382 e. The first-order valence-electron chi connectivity index (χ1n) is 5.83. The highest BCUT2D eigenvalue weighted by atomic mass is 16.2. The summed E-state index contributed by atoms with van der Waals surface area (Å²) in [6, 6.07) is 7.40. The Balaban J connectivity index is 1.97. The minimum absolute atomic E-state index is 0.111. The highest BCUT2D eigenvalue weighted by molar-refractivity contribution is 6.00. The van der Waals surface area contributed by atoms with Crippen LogP contribution in [0.2, 0.25) is 0 Å². The van der Waals surface area contributed by atoms with Crippen LogP contribution >= 0.6 is 0 Å². The van der Waals surface area contributed by atoms with E-state index in [4.69, 9.17) is 5.26 Å². The van der Waals surface area contributed by atoms with Gasteiger partial charge in [0.15, 0.2) is 0 Å². The number of carbonyl (C=O) groups excluding carboxylic acids is 1. The fourth-order valence-electron chi connectivity index (χ4n) is 2.48. The Morgan fingerprint density at radius 1 is 1.29 bits per heavy atom. The van der Waals surface area contributed by atoms with Gasteiger partial charge in [0.1, 0.15) is 0 Å². The van der Waals surface area contributed by atoms with E-state index in [0.717, 1.165) is 30.6 Å². The predicted octanol–water partition coefficient (Wildman–Crippen LogP) is 2.09. The van der Waals surface area contributed by atoms with E-state index in [-0.39, 0.29) is 11.3 Å². The zero-order valence-electron chi connectivity index (χ0n) is 9.42. The molecule has 0 radical (unpaired) electrons. The molecule has 2 N–H and O–H groups in total. The normalized spacial score (nSPS) is 20.3. The standard InChI is InChI=1S/C13H13N3O/c14-7-9-2-3-10-11(6-9)15-8-13(4-1-5-13)12(17)16-10/h2-3,6,15H,1,4-5,8H2,(H,16,17). The Kier molecular flexibility index (Phi) is 2.08. The van der Waals surface area contributed by atoms with Gasteiger partial charge in [-0.15, -0.1) is 0 Å².